The van der Waals surface area contributed by atoms with E-state index in [0.717, 1.165) is 36.9 Å². The van der Waals surface area contributed by atoms with Crippen LogP contribution in [0.25, 0.3) is 0 Å². The summed E-state index contributed by atoms with van der Waals surface area (Å²) in [5.41, 5.74) is 1.45. The average Bonchev–Trinajstić information content (AvgIpc) is 3.16. The number of carbonyl (C=O) groups excluding carboxylic acids is 1. The van der Waals surface area contributed by atoms with E-state index in [-0.39, 0.29) is 34.3 Å². The van der Waals surface area contributed by atoms with Crippen LogP contribution < -0.4 is 0 Å². The lowest BCUT2D eigenvalue weighted by molar-refractivity contribution is -0.135. The van der Waals surface area contributed by atoms with Gasteiger partial charge < -0.3 is 9.47 Å². The summed E-state index contributed by atoms with van der Waals surface area (Å²) in [4.78, 5) is 19.4. The van der Waals surface area contributed by atoms with Gasteiger partial charge in [-0.15, -0.1) is 0 Å². The minimum Gasteiger partial charge on any atom is -0.334 e. The number of carbonyl (C=O) groups is 1. The van der Waals surface area contributed by atoms with Crippen LogP contribution in [0.2, 0.25) is 0 Å². The zero-order chi connectivity index (χ0) is 24.2. The van der Waals surface area contributed by atoms with Gasteiger partial charge in [-0.1, -0.05) is 70.4 Å². The Hall–Kier alpha value is -2.15. The summed E-state index contributed by atoms with van der Waals surface area (Å²) in [7, 11) is -3.63. The fraction of sp³-hybridized carbons (Fsp3) is 0.615. The first-order valence-electron chi connectivity index (χ1n) is 12.1. The van der Waals surface area contributed by atoms with Gasteiger partial charge in [-0.25, -0.2) is 13.4 Å². The Morgan fingerprint density at radius 3 is 2.33 bits per heavy atom. The number of benzene rings is 1. The molecule has 0 atom stereocenters. The maximum atomic E-state index is 13.5. The van der Waals surface area contributed by atoms with E-state index in [4.69, 9.17) is 0 Å². The molecule has 6 nitrogen and oxygen atoms in total. The molecule has 1 saturated carbocycles. The molecule has 1 amide bonds. The minimum atomic E-state index is -3.63. The maximum absolute atomic E-state index is 13.5. The first kappa shape index (κ1) is 25.5. The fourth-order valence-corrected chi connectivity index (χ4v) is 6.14. The lowest BCUT2D eigenvalue weighted by atomic mass is 9.91. The van der Waals surface area contributed by atoms with Crippen LogP contribution >= 0.6 is 0 Å². The highest BCUT2D eigenvalue weighted by Crippen LogP contribution is 2.33. The van der Waals surface area contributed by atoms with Crippen LogP contribution in [0.3, 0.4) is 0 Å². The molecular formula is C26H39N3O3S. The van der Waals surface area contributed by atoms with Crippen LogP contribution in [0, 0.1) is 5.41 Å². The summed E-state index contributed by atoms with van der Waals surface area (Å²) in [6.07, 6.45) is 7.33. The van der Waals surface area contributed by atoms with Crippen molar-refractivity contribution in [3.05, 3.63) is 47.8 Å². The summed E-state index contributed by atoms with van der Waals surface area (Å²) >= 11 is 0. The van der Waals surface area contributed by atoms with E-state index in [1.165, 1.54) is 6.42 Å². The Bertz CT molecular complexity index is 1030. The van der Waals surface area contributed by atoms with Gasteiger partial charge in [0.15, 0.2) is 0 Å². The number of amides is 1. The highest BCUT2D eigenvalue weighted by molar-refractivity contribution is 7.90. The van der Waals surface area contributed by atoms with E-state index < -0.39 is 9.84 Å². The van der Waals surface area contributed by atoms with Crippen molar-refractivity contribution in [1.29, 1.82) is 0 Å². The fourth-order valence-electron chi connectivity index (χ4n) is 4.60. The number of rotatable bonds is 8. The molecule has 0 saturated heterocycles. The molecule has 1 aliphatic carbocycles. The smallest absolute Gasteiger partial charge is 0.228 e. The van der Waals surface area contributed by atoms with Gasteiger partial charge in [-0.05, 0) is 37.7 Å². The first-order valence-corrected chi connectivity index (χ1v) is 13.8. The van der Waals surface area contributed by atoms with Crippen molar-refractivity contribution in [3.63, 3.8) is 0 Å². The standard InChI is InChI=1S/C26H39N3O3S/c1-20(2)28(24(30)16-26(3,4)5)18-23-17-27-25(29(23)22-14-10-7-11-15-22)33(31,32)19-21-12-8-6-9-13-21/h6,8-9,12-13,17,20,22H,7,10-11,14-16,18-19H2,1-5H3. The molecule has 1 aromatic heterocycles. The summed E-state index contributed by atoms with van der Waals surface area (Å²) in [5.74, 6) is 0.0102. The summed E-state index contributed by atoms with van der Waals surface area (Å²) < 4.78 is 28.9. The van der Waals surface area contributed by atoms with Gasteiger partial charge >= 0.3 is 0 Å². The molecule has 0 N–H and O–H groups in total. The van der Waals surface area contributed by atoms with Crippen molar-refractivity contribution < 1.29 is 13.2 Å². The third-order valence-electron chi connectivity index (χ3n) is 6.21. The molecule has 0 bridgehead atoms. The zero-order valence-electron chi connectivity index (χ0n) is 20.8. The van der Waals surface area contributed by atoms with Gasteiger partial charge in [0.25, 0.3) is 0 Å². The lowest BCUT2D eigenvalue weighted by Crippen LogP contribution is -2.39. The number of imidazole rings is 1. The molecule has 1 aliphatic rings. The molecule has 1 aromatic carbocycles. The van der Waals surface area contributed by atoms with Crippen LogP contribution in [0.5, 0.6) is 0 Å². The third kappa shape index (κ3) is 6.69. The van der Waals surface area contributed by atoms with Gasteiger partial charge in [-0.2, -0.15) is 0 Å². The third-order valence-corrected chi connectivity index (χ3v) is 7.79. The van der Waals surface area contributed by atoms with Gasteiger partial charge in [-0.3, -0.25) is 4.79 Å². The Morgan fingerprint density at radius 1 is 1.12 bits per heavy atom. The summed E-state index contributed by atoms with van der Waals surface area (Å²) in [5, 5.41) is 0.139. The van der Waals surface area contributed by atoms with Gasteiger partial charge in [0.05, 0.1) is 24.2 Å². The molecule has 182 valence electrons. The molecule has 0 spiro atoms. The highest BCUT2D eigenvalue weighted by Gasteiger charge is 2.31. The predicted molar refractivity (Wildman–Crippen MR) is 131 cm³/mol. The monoisotopic (exact) mass is 473 g/mol. The van der Waals surface area contributed by atoms with Crippen molar-refractivity contribution in [2.24, 2.45) is 5.41 Å². The second-order valence-corrected chi connectivity index (χ2v) is 12.7. The van der Waals surface area contributed by atoms with Crippen molar-refractivity contribution in [2.45, 2.75) is 103 Å². The Kier molecular flexibility index (Phi) is 8.04. The van der Waals surface area contributed by atoms with E-state index in [9.17, 15) is 13.2 Å². The zero-order valence-corrected chi connectivity index (χ0v) is 21.6. The van der Waals surface area contributed by atoms with Gasteiger partial charge in [0.1, 0.15) is 0 Å². The lowest BCUT2D eigenvalue weighted by Gasteiger charge is -2.32. The maximum Gasteiger partial charge on any atom is 0.228 e. The number of nitrogens with zero attached hydrogens (tertiary/aromatic N) is 3. The molecule has 0 unspecified atom stereocenters. The Balaban J connectivity index is 1.98. The number of hydrogen-bond acceptors (Lipinski definition) is 4. The predicted octanol–water partition coefficient (Wildman–Crippen LogP) is 5.54. The Labute approximate surface area is 199 Å². The molecule has 0 aliphatic heterocycles. The van der Waals surface area contributed by atoms with Crippen LogP contribution in [0.4, 0.5) is 0 Å². The van der Waals surface area contributed by atoms with E-state index in [0.29, 0.717) is 13.0 Å². The number of hydrogen-bond donors (Lipinski definition) is 0. The van der Waals surface area contributed by atoms with E-state index in [1.807, 2.05) is 53.6 Å². The molecular weight excluding hydrogens is 434 g/mol. The van der Waals surface area contributed by atoms with E-state index in [2.05, 4.69) is 25.8 Å². The second-order valence-electron chi connectivity index (χ2n) is 10.8. The molecule has 33 heavy (non-hydrogen) atoms. The summed E-state index contributed by atoms with van der Waals surface area (Å²) in [6, 6.07) is 9.36. The largest absolute Gasteiger partial charge is 0.334 e. The quantitative estimate of drug-likeness (QED) is 0.505. The minimum absolute atomic E-state index is 0.0129. The first-order chi connectivity index (χ1) is 15.5. The van der Waals surface area contributed by atoms with Gasteiger partial charge in [0, 0.05) is 18.5 Å². The number of aromatic nitrogens is 2. The van der Waals surface area contributed by atoms with Crippen molar-refractivity contribution in [3.8, 4) is 0 Å². The molecule has 1 fully saturated rings. The van der Waals surface area contributed by atoms with Gasteiger partial charge in [0.2, 0.25) is 20.9 Å². The van der Waals surface area contributed by atoms with Crippen LogP contribution in [0.1, 0.15) is 90.4 Å². The van der Waals surface area contributed by atoms with Crippen LogP contribution in [-0.2, 0) is 26.9 Å². The van der Waals surface area contributed by atoms with E-state index in [1.54, 1.807) is 6.20 Å². The Morgan fingerprint density at radius 2 is 1.76 bits per heavy atom. The van der Waals surface area contributed by atoms with Crippen molar-refractivity contribution in [1.82, 2.24) is 14.5 Å². The van der Waals surface area contributed by atoms with Crippen molar-refractivity contribution in [2.75, 3.05) is 0 Å². The molecule has 3 rings (SSSR count). The molecule has 7 heteroatoms. The molecule has 0 radical (unpaired) electrons. The highest BCUT2D eigenvalue weighted by atomic mass is 32.2. The topological polar surface area (TPSA) is 72.3 Å². The number of sulfone groups is 1. The SMILES string of the molecule is CC(C)N(Cc1cnc(S(=O)(=O)Cc2ccccc2)n1C1CCCCC1)C(=O)CC(C)(C)C. The molecule has 1 heterocycles. The second kappa shape index (κ2) is 10.4. The summed E-state index contributed by atoms with van der Waals surface area (Å²) in [6.45, 7) is 10.6. The van der Waals surface area contributed by atoms with Crippen LogP contribution in [-0.4, -0.2) is 34.8 Å². The average molecular weight is 474 g/mol. The van der Waals surface area contributed by atoms with E-state index >= 15 is 0 Å². The van der Waals surface area contributed by atoms with Crippen molar-refractivity contribution >= 4 is 15.7 Å². The molecule has 2 aromatic rings. The normalized spacial score (nSPS) is 15.7. The van der Waals surface area contributed by atoms with Crippen LogP contribution in [0.15, 0.2) is 41.7 Å².